The third-order valence-corrected chi connectivity index (χ3v) is 4.11. The number of benzene rings is 1. The van der Waals surface area contributed by atoms with Crippen molar-refractivity contribution in [1.82, 2.24) is 10.2 Å². The van der Waals surface area contributed by atoms with Crippen molar-refractivity contribution in [2.45, 2.75) is 19.8 Å². The van der Waals surface area contributed by atoms with Crippen LogP contribution in [0.4, 0.5) is 4.39 Å². The molecular formula is C17H25FN2O3. The number of amides is 1. The summed E-state index contributed by atoms with van der Waals surface area (Å²) in [4.78, 5) is 14.1. The predicted molar refractivity (Wildman–Crippen MR) is 86.4 cm³/mol. The van der Waals surface area contributed by atoms with Crippen LogP contribution in [0, 0.1) is 11.7 Å². The van der Waals surface area contributed by atoms with Crippen LogP contribution in [0.15, 0.2) is 12.1 Å². The Labute approximate surface area is 136 Å². The zero-order valence-electron chi connectivity index (χ0n) is 14.0. The maximum absolute atomic E-state index is 14.2. The molecule has 128 valence electrons. The van der Waals surface area contributed by atoms with Crippen LogP contribution in [0.2, 0.25) is 0 Å². The Kier molecular flexibility index (Phi) is 6.21. The summed E-state index contributed by atoms with van der Waals surface area (Å²) in [6, 6.07) is 2.99. The molecule has 0 aliphatic carbocycles. The minimum Gasteiger partial charge on any atom is -0.493 e. The fourth-order valence-electron chi connectivity index (χ4n) is 2.84. The molecule has 1 amide bonds. The number of nitrogens with zero attached hydrogens (tertiary/aromatic N) is 1. The van der Waals surface area contributed by atoms with Gasteiger partial charge in [-0.1, -0.05) is 6.92 Å². The van der Waals surface area contributed by atoms with E-state index in [-0.39, 0.29) is 17.6 Å². The largest absolute Gasteiger partial charge is 0.493 e. The van der Waals surface area contributed by atoms with Crippen LogP contribution in [-0.4, -0.2) is 51.2 Å². The molecule has 1 aliphatic heterocycles. The van der Waals surface area contributed by atoms with E-state index in [4.69, 9.17) is 9.47 Å². The third kappa shape index (κ3) is 4.58. The number of carbonyl (C=O) groups is 1. The molecular weight excluding hydrogens is 299 g/mol. The van der Waals surface area contributed by atoms with E-state index in [9.17, 15) is 9.18 Å². The Balaban J connectivity index is 1.99. The minimum absolute atomic E-state index is 0.0602. The van der Waals surface area contributed by atoms with Crippen LogP contribution in [0.25, 0.3) is 0 Å². The minimum atomic E-state index is -0.330. The van der Waals surface area contributed by atoms with Crippen molar-refractivity contribution < 1.29 is 18.7 Å². The van der Waals surface area contributed by atoms with Gasteiger partial charge in [-0.3, -0.25) is 4.79 Å². The molecule has 1 N–H and O–H groups in total. The summed E-state index contributed by atoms with van der Waals surface area (Å²) in [5.74, 6) is 0.747. The van der Waals surface area contributed by atoms with Gasteiger partial charge >= 0.3 is 0 Å². The lowest BCUT2D eigenvalue weighted by Crippen LogP contribution is -2.46. The molecule has 1 saturated heterocycles. The quantitative estimate of drug-likeness (QED) is 0.867. The van der Waals surface area contributed by atoms with Gasteiger partial charge in [0.25, 0.3) is 0 Å². The van der Waals surface area contributed by atoms with Crippen molar-refractivity contribution in [3.05, 3.63) is 23.5 Å². The van der Waals surface area contributed by atoms with Gasteiger partial charge < -0.3 is 19.7 Å². The summed E-state index contributed by atoms with van der Waals surface area (Å²) in [7, 11) is 3.00. The number of carbonyl (C=O) groups excluding carboxylic acids is 1. The highest BCUT2D eigenvalue weighted by Crippen LogP contribution is 2.31. The number of hydrogen-bond acceptors (Lipinski definition) is 4. The molecule has 1 unspecified atom stereocenters. The van der Waals surface area contributed by atoms with E-state index in [1.807, 2.05) is 11.8 Å². The van der Waals surface area contributed by atoms with Crippen LogP contribution in [-0.2, 0) is 11.2 Å². The topological polar surface area (TPSA) is 50.8 Å². The van der Waals surface area contributed by atoms with Crippen LogP contribution in [0.3, 0.4) is 0 Å². The van der Waals surface area contributed by atoms with E-state index in [1.54, 1.807) is 6.07 Å². The molecule has 0 spiro atoms. The average Bonchev–Trinajstić information content (AvgIpc) is 2.56. The standard InChI is InChI=1S/C17H25FN2O3/c1-12(9-17(21)20-6-4-19-5-7-20)8-13-10-15(22-2)16(23-3)11-14(13)18/h10-12,19H,4-9H2,1-3H3. The van der Waals surface area contributed by atoms with Crippen molar-refractivity contribution in [2.75, 3.05) is 40.4 Å². The average molecular weight is 324 g/mol. The molecule has 1 aromatic rings. The molecule has 1 heterocycles. The smallest absolute Gasteiger partial charge is 0.222 e. The number of nitrogens with one attached hydrogen (secondary N) is 1. The summed E-state index contributed by atoms with van der Waals surface area (Å²) >= 11 is 0. The first-order chi connectivity index (χ1) is 11.0. The number of piperazine rings is 1. The van der Waals surface area contributed by atoms with Gasteiger partial charge in [0.05, 0.1) is 14.2 Å². The van der Waals surface area contributed by atoms with E-state index in [0.717, 1.165) is 26.2 Å². The molecule has 0 bridgehead atoms. The second kappa shape index (κ2) is 8.15. The van der Waals surface area contributed by atoms with E-state index < -0.39 is 0 Å². The van der Waals surface area contributed by atoms with E-state index in [2.05, 4.69) is 5.32 Å². The van der Waals surface area contributed by atoms with Gasteiger partial charge in [-0.25, -0.2) is 4.39 Å². The SMILES string of the molecule is COc1cc(F)c(CC(C)CC(=O)N2CCNCC2)cc1OC. The van der Waals surface area contributed by atoms with Crippen molar-refractivity contribution >= 4 is 5.91 Å². The molecule has 1 atom stereocenters. The molecule has 0 aromatic heterocycles. The lowest BCUT2D eigenvalue weighted by molar-refractivity contribution is -0.132. The van der Waals surface area contributed by atoms with Gasteiger partial charge in [0.1, 0.15) is 5.82 Å². The fourth-order valence-corrected chi connectivity index (χ4v) is 2.84. The Bertz CT molecular complexity index is 545. The van der Waals surface area contributed by atoms with Crippen LogP contribution in [0.1, 0.15) is 18.9 Å². The number of methoxy groups -OCH3 is 2. The highest BCUT2D eigenvalue weighted by atomic mass is 19.1. The lowest BCUT2D eigenvalue weighted by Gasteiger charge is -2.28. The summed E-state index contributed by atoms with van der Waals surface area (Å²) in [6.45, 7) is 5.14. The molecule has 1 aromatic carbocycles. The molecule has 23 heavy (non-hydrogen) atoms. The Morgan fingerprint density at radius 1 is 1.26 bits per heavy atom. The molecule has 1 fully saturated rings. The zero-order chi connectivity index (χ0) is 16.8. The summed E-state index contributed by atoms with van der Waals surface area (Å²) < 4.78 is 24.5. The molecule has 2 rings (SSSR count). The Morgan fingerprint density at radius 2 is 1.87 bits per heavy atom. The van der Waals surface area contributed by atoms with E-state index in [0.29, 0.717) is 29.9 Å². The molecule has 0 saturated carbocycles. The number of halogens is 1. The number of ether oxygens (including phenoxy) is 2. The summed E-state index contributed by atoms with van der Waals surface area (Å²) in [6.07, 6.45) is 0.914. The first-order valence-corrected chi connectivity index (χ1v) is 7.94. The maximum Gasteiger partial charge on any atom is 0.222 e. The van der Waals surface area contributed by atoms with Crippen molar-refractivity contribution in [2.24, 2.45) is 5.92 Å². The zero-order valence-corrected chi connectivity index (χ0v) is 14.0. The van der Waals surface area contributed by atoms with Gasteiger partial charge in [-0.15, -0.1) is 0 Å². The monoisotopic (exact) mass is 324 g/mol. The van der Waals surface area contributed by atoms with E-state index >= 15 is 0 Å². The van der Waals surface area contributed by atoms with Gasteiger partial charge in [-0.05, 0) is 24.0 Å². The fraction of sp³-hybridized carbons (Fsp3) is 0.588. The second-order valence-electron chi connectivity index (χ2n) is 5.94. The van der Waals surface area contributed by atoms with Crippen LogP contribution >= 0.6 is 0 Å². The normalized spacial score (nSPS) is 16.1. The molecule has 5 nitrogen and oxygen atoms in total. The lowest BCUT2D eigenvalue weighted by atomic mass is 9.96. The Hall–Kier alpha value is -1.82. The highest BCUT2D eigenvalue weighted by molar-refractivity contribution is 5.76. The summed E-state index contributed by atoms with van der Waals surface area (Å²) in [5, 5.41) is 3.22. The number of hydrogen-bond donors (Lipinski definition) is 1. The van der Waals surface area contributed by atoms with Crippen molar-refractivity contribution in [3.8, 4) is 11.5 Å². The van der Waals surface area contributed by atoms with Crippen molar-refractivity contribution in [1.29, 1.82) is 0 Å². The number of rotatable bonds is 6. The second-order valence-corrected chi connectivity index (χ2v) is 5.94. The molecule has 0 radical (unpaired) electrons. The van der Waals surface area contributed by atoms with Gasteiger partial charge in [0, 0.05) is 38.7 Å². The van der Waals surface area contributed by atoms with Crippen molar-refractivity contribution in [3.63, 3.8) is 0 Å². The molecule has 6 heteroatoms. The maximum atomic E-state index is 14.2. The predicted octanol–water partition coefficient (Wildman–Crippen LogP) is 1.84. The van der Waals surface area contributed by atoms with Crippen LogP contribution < -0.4 is 14.8 Å². The van der Waals surface area contributed by atoms with E-state index in [1.165, 1.54) is 20.3 Å². The van der Waals surface area contributed by atoms with Gasteiger partial charge in [0.2, 0.25) is 5.91 Å². The Morgan fingerprint density at radius 3 is 2.48 bits per heavy atom. The van der Waals surface area contributed by atoms with Gasteiger partial charge in [0.15, 0.2) is 11.5 Å². The first kappa shape index (κ1) is 17.5. The van der Waals surface area contributed by atoms with Gasteiger partial charge in [-0.2, -0.15) is 0 Å². The third-order valence-electron chi connectivity index (χ3n) is 4.11. The van der Waals surface area contributed by atoms with Crippen LogP contribution in [0.5, 0.6) is 11.5 Å². The highest BCUT2D eigenvalue weighted by Gasteiger charge is 2.20. The summed E-state index contributed by atoms with van der Waals surface area (Å²) in [5.41, 5.74) is 0.545. The first-order valence-electron chi connectivity index (χ1n) is 7.94. The molecule has 1 aliphatic rings.